The van der Waals surface area contributed by atoms with E-state index >= 15 is 0 Å². The second-order valence-electron chi connectivity index (χ2n) is 5.07. The molecule has 1 nitrogen and oxygen atoms in total. The highest BCUT2D eigenvalue weighted by atomic mass is 35.5. The van der Waals surface area contributed by atoms with Crippen molar-refractivity contribution in [1.29, 1.82) is 0 Å². The van der Waals surface area contributed by atoms with Crippen molar-refractivity contribution in [3.8, 4) is 0 Å². The maximum absolute atomic E-state index is 6.10. The molecule has 3 aromatic rings. The minimum absolute atomic E-state index is 0.144. The first-order chi connectivity index (χ1) is 10.1. The van der Waals surface area contributed by atoms with Crippen LogP contribution in [0.4, 0.5) is 5.69 Å². The Morgan fingerprint density at radius 1 is 0.857 bits per heavy atom. The third-order valence-corrected chi connectivity index (χ3v) is 4.34. The van der Waals surface area contributed by atoms with Crippen LogP contribution in [0.1, 0.15) is 18.5 Å². The summed E-state index contributed by atoms with van der Waals surface area (Å²) in [5.41, 5.74) is 2.23. The number of hydrogen-bond donors (Lipinski definition) is 1. The van der Waals surface area contributed by atoms with Crippen molar-refractivity contribution in [1.82, 2.24) is 0 Å². The van der Waals surface area contributed by atoms with Crippen LogP contribution in [0.2, 0.25) is 10.0 Å². The lowest BCUT2D eigenvalue weighted by Gasteiger charge is -2.18. The molecule has 0 fully saturated rings. The topological polar surface area (TPSA) is 12.0 Å². The number of anilines is 1. The lowest BCUT2D eigenvalue weighted by Crippen LogP contribution is -2.06. The summed E-state index contributed by atoms with van der Waals surface area (Å²) in [6.07, 6.45) is 0. The molecule has 0 spiro atoms. The summed E-state index contributed by atoms with van der Waals surface area (Å²) in [6, 6.07) is 20.5. The number of fused-ring (bicyclic) bond motifs is 1. The minimum atomic E-state index is 0.144. The highest BCUT2D eigenvalue weighted by Crippen LogP contribution is 2.29. The van der Waals surface area contributed by atoms with Crippen molar-refractivity contribution in [2.24, 2.45) is 0 Å². The molecule has 21 heavy (non-hydrogen) atoms. The van der Waals surface area contributed by atoms with Crippen molar-refractivity contribution < 1.29 is 0 Å². The van der Waals surface area contributed by atoms with Crippen molar-refractivity contribution >= 4 is 39.7 Å². The first-order valence-electron chi connectivity index (χ1n) is 6.84. The number of rotatable bonds is 3. The first-order valence-corrected chi connectivity index (χ1v) is 7.60. The van der Waals surface area contributed by atoms with Gasteiger partial charge in [-0.2, -0.15) is 0 Å². The molecular formula is C18H15Cl2N. The average Bonchev–Trinajstić information content (AvgIpc) is 2.50. The molecule has 0 saturated heterocycles. The molecule has 0 heterocycles. The summed E-state index contributed by atoms with van der Waals surface area (Å²) in [7, 11) is 0. The number of nitrogens with one attached hydrogen (secondary N) is 1. The maximum atomic E-state index is 6.10. The van der Waals surface area contributed by atoms with Gasteiger partial charge in [0.2, 0.25) is 0 Å². The van der Waals surface area contributed by atoms with E-state index in [1.807, 2.05) is 18.2 Å². The van der Waals surface area contributed by atoms with Crippen LogP contribution < -0.4 is 5.32 Å². The van der Waals surface area contributed by atoms with Gasteiger partial charge in [0.15, 0.2) is 0 Å². The summed E-state index contributed by atoms with van der Waals surface area (Å²) in [5, 5.41) is 7.15. The van der Waals surface area contributed by atoms with Gasteiger partial charge in [-0.05, 0) is 36.1 Å². The first kappa shape index (κ1) is 14.2. The molecule has 1 atom stereocenters. The zero-order chi connectivity index (χ0) is 14.8. The average molecular weight is 316 g/mol. The molecule has 0 aromatic heterocycles. The van der Waals surface area contributed by atoms with E-state index in [2.05, 4.69) is 54.7 Å². The quantitative estimate of drug-likeness (QED) is 0.596. The van der Waals surface area contributed by atoms with Crippen molar-refractivity contribution in [2.45, 2.75) is 13.0 Å². The molecular weight excluding hydrogens is 301 g/mol. The predicted octanol–water partition coefficient (Wildman–Crippen LogP) is 6.32. The van der Waals surface area contributed by atoms with Crippen LogP contribution in [0.5, 0.6) is 0 Å². The molecule has 0 aliphatic heterocycles. The van der Waals surface area contributed by atoms with Gasteiger partial charge in [0.1, 0.15) is 0 Å². The molecule has 0 aliphatic rings. The van der Waals surface area contributed by atoms with Gasteiger partial charge in [-0.3, -0.25) is 0 Å². The Hall–Kier alpha value is -1.70. The molecule has 1 unspecified atom stereocenters. The van der Waals surface area contributed by atoms with E-state index < -0.39 is 0 Å². The number of benzene rings is 3. The zero-order valence-corrected chi connectivity index (χ0v) is 13.1. The van der Waals surface area contributed by atoms with Crippen LogP contribution in [-0.2, 0) is 0 Å². The molecule has 1 N–H and O–H groups in total. The molecule has 0 amide bonds. The Labute approximate surface area is 134 Å². The van der Waals surface area contributed by atoms with Crippen LogP contribution >= 0.6 is 23.2 Å². The van der Waals surface area contributed by atoms with E-state index in [9.17, 15) is 0 Å². The molecule has 0 bridgehead atoms. The van der Waals surface area contributed by atoms with E-state index in [1.54, 1.807) is 0 Å². The fourth-order valence-electron chi connectivity index (χ4n) is 2.45. The summed E-state index contributed by atoms with van der Waals surface area (Å²) in [5.74, 6) is 0. The summed E-state index contributed by atoms with van der Waals surface area (Å²) < 4.78 is 0. The second-order valence-corrected chi connectivity index (χ2v) is 5.88. The van der Waals surface area contributed by atoms with Gasteiger partial charge in [-0.15, -0.1) is 0 Å². The van der Waals surface area contributed by atoms with Gasteiger partial charge in [0, 0.05) is 17.1 Å². The SMILES string of the molecule is CC(Nc1cccc2ccccc12)c1ccc(Cl)c(Cl)c1. The van der Waals surface area contributed by atoms with Crippen LogP contribution in [-0.4, -0.2) is 0 Å². The zero-order valence-electron chi connectivity index (χ0n) is 11.6. The van der Waals surface area contributed by atoms with Gasteiger partial charge in [-0.1, -0.05) is 65.7 Å². The van der Waals surface area contributed by atoms with Crippen molar-refractivity contribution in [2.75, 3.05) is 5.32 Å². The highest BCUT2D eigenvalue weighted by Gasteiger charge is 2.09. The molecule has 3 aromatic carbocycles. The third kappa shape index (κ3) is 2.99. The monoisotopic (exact) mass is 315 g/mol. The molecule has 3 rings (SSSR count). The molecule has 0 saturated carbocycles. The molecule has 3 heteroatoms. The predicted molar refractivity (Wildman–Crippen MR) is 92.4 cm³/mol. The number of hydrogen-bond acceptors (Lipinski definition) is 1. The highest BCUT2D eigenvalue weighted by molar-refractivity contribution is 6.42. The minimum Gasteiger partial charge on any atom is -0.378 e. The largest absolute Gasteiger partial charge is 0.378 e. The van der Waals surface area contributed by atoms with Gasteiger partial charge < -0.3 is 5.32 Å². The second kappa shape index (κ2) is 5.97. The van der Waals surface area contributed by atoms with E-state index in [0.29, 0.717) is 10.0 Å². The van der Waals surface area contributed by atoms with E-state index in [1.165, 1.54) is 10.8 Å². The van der Waals surface area contributed by atoms with Gasteiger partial charge in [0.05, 0.1) is 10.0 Å². The van der Waals surface area contributed by atoms with Gasteiger partial charge >= 0.3 is 0 Å². The van der Waals surface area contributed by atoms with Crippen molar-refractivity contribution in [3.63, 3.8) is 0 Å². The van der Waals surface area contributed by atoms with Gasteiger partial charge in [0.25, 0.3) is 0 Å². The summed E-state index contributed by atoms with van der Waals surface area (Å²) in [4.78, 5) is 0. The van der Waals surface area contributed by atoms with E-state index in [4.69, 9.17) is 23.2 Å². The van der Waals surface area contributed by atoms with Crippen LogP contribution in [0, 0.1) is 0 Å². The normalized spacial score (nSPS) is 12.3. The summed E-state index contributed by atoms with van der Waals surface area (Å²) in [6.45, 7) is 2.11. The van der Waals surface area contributed by atoms with Crippen LogP contribution in [0.15, 0.2) is 60.7 Å². The van der Waals surface area contributed by atoms with Gasteiger partial charge in [-0.25, -0.2) is 0 Å². The smallest absolute Gasteiger partial charge is 0.0595 e. The fourth-order valence-corrected chi connectivity index (χ4v) is 2.76. The van der Waals surface area contributed by atoms with E-state index in [0.717, 1.165) is 11.3 Å². The standard InChI is InChI=1S/C18H15Cl2N/c1-12(14-9-10-16(19)17(20)11-14)21-18-8-4-6-13-5-2-3-7-15(13)18/h2-12,21H,1H3. The molecule has 0 aliphatic carbocycles. The Balaban J connectivity index is 1.92. The lowest BCUT2D eigenvalue weighted by atomic mass is 10.1. The molecule has 0 radical (unpaired) electrons. The maximum Gasteiger partial charge on any atom is 0.0595 e. The molecule has 106 valence electrons. The Bertz CT molecular complexity index is 778. The summed E-state index contributed by atoms with van der Waals surface area (Å²) >= 11 is 12.1. The van der Waals surface area contributed by atoms with Crippen LogP contribution in [0.25, 0.3) is 10.8 Å². The fraction of sp³-hybridized carbons (Fsp3) is 0.111. The van der Waals surface area contributed by atoms with E-state index in [-0.39, 0.29) is 6.04 Å². The Morgan fingerprint density at radius 3 is 2.43 bits per heavy atom. The number of halogens is 2. The Kier molecular flexibility index (Phi) is 4.05. The Morgan fingerprint density at radius 2 is 1.62 bits per heavy atom. The third-order valence-electron chi connectivity index (χ3n) is 3.61. The van der Waals surface area contributed by atoms with Crippen molar-refractivity contribution in [3.05, 3.63) is 76.3 Å². The lowest BCUT2D eigenvalue weighted by molar-refractivity contribution is 0.887. The van der Waals surface area contributed by atoms with Crippen LogP contribution in [0.3, 0.4) is 0 Å².